The molecule has 1 spiro atoms. The van der Waals surface area contributed by atoms with Gasteiger partial charge in [-0.3, -0.25) is 9.69 Å². The van der Waals surface area contributed by atoms with Gasteiger partial charge in [0.05, 0.1) is 6.54 Å². The molecule has 0 radical (unpaired) electrons. The zero-order chi connectivity index (χ0) is 15.0. The summed E-state index contributed by atoms with van der Waals surface area (Å²) in [6, 6.07) is 7.02. The standard InChI is InChI=1S/C16H21N3O2/c1-11-5-7-16(8-6-11)14(20)19(15(21)18-16)10-12-3-2-4-13(17)9-12/h2-4,9,11H,5-8,10,17H2,1H3,(H,18,21). The normalized spacial score (nSPS) is 29.0. The molecule has 1 aliphatic heterocycles. The number of imide groups is 1. The van der Waals surface area contributed by atoms with Crippen LogP contribution in [0.5, 0.6) is 0 Å². The van der Waals surface area contributed by atoms with E-state index in [9.17, 15) is 9.59 Å². The molecule has 5 nitrogen and oxygen atoms in total. The predicted molar refractivity (Wildman–Crippen MR) is 80.3 cm³/mol. The number of nitrogens with one attached hydrogen (secondary N) is 1. The second-order valence-electron chi connectivity index (χ2n) is 6.33. The molecule has 3 N–H and O–H groups in total. The van der Waals surface area contributed by atoms with Crippen LogP contribution in [0.2, 0.25) is 0 Å². The van der Waals surface area contributed by atoms with Gasteiger partial charge in [0, 0.05) is 5.69 Å². The maximum absolute atomic E-state index is 12.7. The first-order valence-corrected chi connectivity index (χ1v) is 7.49. The number of hydrogen-bond acceptors (Lipinski definition) is 3. The Labute approximate surface area is 124 Å². The topological polar surface area (TPSA) is 75.4 Å². The molecule has 3 amide bonds. The van der Waals surface area contributed by atoms with E-state index in [2.05, 4.69) is 12.2 Å². The summed E-state index contributed by atoms with van der Waals surface area (Å²) >= 11 is 0. The third kappa shape index (κ3) is 2.48. The highest BCUT2D eigenvalue weighted by Gasteiger charge is 2.51. The number of benzene rings is 1. The van der Waals surface area contributed by atoms with Crippen molar-refractivity contribution in [3.8, 4) is 0 Å². The van der Waals surface area contributed by atoms with Crippen molar-refractivity contribution < 1.29 is 9.59 Å². The van der Waals surface area contributed by atoms with Crippen LogP contribution in [-0.4, -0.2) is 22.4 Å². The highest BCUT2D eigenvalue weighted by atomic mass is 16.2. The number of carbonyl (C=O) groups excluding carboxylic acids is 2. The Balaban J connectivity index is 1.78. The number of anilines is 1. The molecular weight excluding hydrogens is 266 g/mol. The molecule has 1 saturated heterocycles. The summed E-state index contributed by atoms with van der Waals surface area (Å²) in [5, 5.41) is 2.93. The van der Waals surface area contributed by atoms with Crippen LogP contribution in [0, 0.1) is 5.92 Å². The molecule has 5 heteroatoms. The van der Waals surface area contributed by atoms with Crippen molar-refractivity contribution in [3.63, 3.8) is 0 Å². The lowest BCUT2D eigenvalue weighted by Gasteiger charge is -2.33. The molecule has 3 rings (SSSR count). The van der Waals surface area contributed by atoms with Crippen LogP contribution in [-0.2, 0) is 11.3 Å². The van der Waals surface area contributed by atoms with Crippen molar-refractivity contribution in [2.24, 2.45) is 5.92 Å². The van der Waals surface area contributed by atoms with E-state index in [1.165, 1.54) is 4.90 Å². The van der Waals surface area contributed by atoms with Crippen molar-refractivity contribution in [1.82, 2.24) is 10.2 Å². The van der Waals surface area contributed by atoms with Crippen LogP contribution in [0.1, 0.15) is 38.2 Å². The Kier molecular flexibility index (Phi) is 3.35. The summed E-state index contributed by atoms with van der Waals surface area (Å²) in [6.45, 7) is 2.48. The first-order valence-electron chi connectivity index (χ1n) is 7.49. The quantitative estimate of drug-likeness (QED) is 0.647. The predicted octanol–water partition coefficient (Wildman–Crippen LogP) is 2.27. The van der Waals surface area contributed by atoms with Gasteiger partial charge in [0.15, 0.2) is 0 Å². The van der Waals surface area contributed by atoms with Crippen LogP contribution in [0.15, 0.2) is 24.3 Å². The van der Waals surface area contributed by atoms with Gasteiger partial charge in [0.2, 0.25) is 0 Å². The summed E-state index contributed by atoms with van der Waals surface area (Å²) < 4.78 is 0. The van der Waals surface area contributed by atoms with E-state index in [1.807, 2.05) is 12.1 Å². The van der Waals surface area contributed by atoms with E-state index in [1.54, 1.807) is 12.1 Å². The first kappa shape index (κ1) is 13.9. The van der Waals surface area contributed by atoms with Crippen LogP contribution in [0.3, 0.4) is 0 Å². The fourth-order valence-corrected chi connectivity index (χ4v) is 3.29. The molecule has 0 bridgehead atoms. The minimum Gasteiger partial charge on any atom is -0.399 e. The fourth-order valence-electron chi connectivity index (χ4n) is 3.29. The molecule has 1 saturated carbocycles. The summed E-state index contributed by atoms with van der Waals surface area (Å²) in [7, 11) is 0. The zero-order valence-electron chi connectivity index (χ0n) is 12.3. The molecule has 0 atom stereocenters. The van der Waals surface area contributed by atoms with Gasteiger partial charge in [-0.1, -0.05) is 19.1 Å². The second kappa shape index (κ2) is 5.06. The van der Waals surface area contributed by atoms with Gasteiger partial charge >= 0.3 is 6.03 Å². The van der Waals surface area contributed by atoms with Gasteiger partial charge in [0.1, 0.15) is 5.54 Å². The minimum absolute atomic E-state index is 0.0816. The third-order valence-corrected chi connectivity index (χ3v) is 4.67. The second-order valence-corrected chi connectivity index (χ2v) is 6.33. The van der Waals surface area contributed by atoms with E-state index >= 15 is 0 Å². The summed E-state index contributed by atoms with van der Waals surface area (Å²) in [4.78, 5) is 26.2. The zero-order valence-corrected chi connectivity index (χ0v) is 12.3. The van der Waals surface area contributed by atoms with E-state index < -0.39 is 5.54 Å². The monoisotopic (exact) mass is 287 g/mol. The lowest BCUT2D eigenvalue weighted by atomic mass is 9.77. The Morgan fingerprint density at radius 3 is 2.71 bits per heavy atom. The first-order chi connectivity index (χ1) is 10.00. The van der Waals surface area contributed by atoms with E-state index in [0.717, 1.165) is 31.2 Å². The summed E-state index contributed by atoms with van der Waals surface area (Å²) in [5.41, 5.74) is 6.60. The molecule has 1 aromatic rings. The number of rotatable bonds is 2. The van der Waals surface area contributed by atoms with Gasteiger partial charge < -0.3 is 11.1 Å². The SMILES string of the molecule is CC1CCC2(CC1)NC(=O)N(Cc1cccc(N)c1)C2=O. The van der Waals surface area contributed by atoms with Crippen LogP contribution in [0.25, 0.3) is 0 Å². The smallest absolute Gasteiger partial charge is 0.325 e. The Morgan fingerprint density at radius 2 is 2.05 bits per heavy atom. The summed E-state index contributed by atoms with van der Waals surface area (Å²) in [5.74, 6) is 0.546. The molecular formula is C16H21N3O2. The number of nitrogens with two attached hydrogens (primary N) is 1. The van der Waals surface area contributed by atoms with Crippen LogP contribution >= 0.6 is 0 Å². The molecule has 1 aromatic carbocycles. The van der Waals surface area contributed by atoms with Crippen LogP contribution in [0.4, 0.5) is 10.5 Å². The molecule has 21 heavy (non-hydrogen) atoms. The molecule has 0 aromatic heterocycles. The Bertz CT molecular complexity index is 577. The van der Waals surface area contributed by atoms with E-state index in [4.69, 9.17) is 5.73 Å². The van der Waals surface area contributed by atoms with Gasteiger partial charge in [-0.2, -0.15) is 0 Å². The van der Waals surface area contributed by atoms with Crippen molar-refractivity contribution in [2.75, 3.05) is 5.73 Å². The molecule has 112 valence electrons. The minimum atomic E-state index is -0.663. The number of amides is 3. The van der Waals surface area contributed by atoms with E-state index in [-0.39, 0.29) is 18.5 Å². The Morgan fingerprint density at radius 1 is 1.33 bits per heavy atom. The van der Waals surface area contributed by atoms with Crippen molar-refractivity contribution in [1.29, 1.82) is 0 Å². The number of nitrogens with zero attached hydrogens (tertiary/aromatic N) is 1. The van der Waals surface area contributed by atoms with Crippen molar-refractivity contribution in [3.05, 3.63) is 29.8 Å². The number of nitrogen functional groups attached to an aromatic ring is 1. The maximum atomic E-state index is 12.7. The van der Waals surface area contributed by atoms with Crippen molar-refractivity contribution in [2.45, 2.75) is 44.7 Å². The van der Waals surface area contributed by atoms with E-state index in [0.29, 0.717) is 11.6 Å². The van der Waals surface area contributed by atoms with Crippen LogP contribution < -0.4 is 11.1 Å². The average molecular weight is 287 g/mol. The van der Waals surface area contributed by atoms with Gasteiger partial charge in [-0.25, -0.2) is 4.79 Å². The Hall–Kier alpha value is -2.04. The highest BCUT2D eigenvalue weighted by Crippen LogP contribution is 2.36. The lowest BCUT2D eigenvalue weighted by Crippen LogP contribution is -2.49. The maximum Gasteiger partial charge on any atom is 0.325 e. The van der Waals surface area contributed by atoms with Crippen molar-refractivity contribution >= 4 is 17.6 Å². The number of hydrogen-bond donors (Lipinski definition) is 2. The lowest BCUT2D eigenvalue weighted by molar-refractivity contribution is -0.133. The molecule has 0 unspecified atom stereocenters. The average Bonchev–Trinajstić information content (AvgIpc) is 2.67. The summed E-state index contributed by atoms with van der Waals surface area (Å²) in [6.07, 6.45) is 3.45. The van der Waals surface area contributed by atoms with Gasteiger partial charge in [0.25, 0.3) is 5.91 Å². The molecule has 1 aliphatic carbocycles. The largest absolute Gasteiger partial charge is 0.399 e. The molecule has 1 heterocycles. The molecule has 2 aliphatic rings. The number of urea groups is 1. The highest BCUT2D eigenvalue weighted by molar-refractivity contribution is 6.07. The van der Waals surface area contributed by atoms with Gasteiger partial charge in [-0.05, 0) is 49.3 Å². The number of carbonyl (C=O) groups is 2. The molecule has 2 fully saturated rings. The van der Waals surface area contributed by atoms with Gasteiger partial charge in [-0.15, -0.1) is 0 Å². The third-order valence-electron chi connectivity index (χ3n) is 4.67. The fraction of sp³-hybridized carbons (Fsp3) is 0.500.